The number of anilines is 1. The molecular formula is C22H24N6O3S. The zero-order valence-corrected chi connectivity index (χ0v) is 18.9. The topological polar surface area (TPSA) is 139 Å². The van der Waals surface area contributed by atoms with Gasteiger partial charge in [-0.3, -0.25) is 10.2 Å². The number of carbonyl (C=O) groups is 1. The number of nitriles is 1. The first-order valence-electron chi connectivity index (χ1n) is 10.2. The molecule has 9 nitrogen and oxygen atoms in total. The van der Waals surface area contributed by atoms with Crippen LogP contribution in [0, 0.1) is 23.7 Å². The van der Waals surface area contributed by atoms with Crippen LogP contribution >= 0.6 is 0 Å². The number of nitrogens with zero attached hydrogens (tertiary/aromatic N) is 3. The van der Waals surface area contributed by atoms with Crippen LogP contribution in [0.15, 0.2) is 30.5 Å². The molecule has 0 radical (unpaired) electrons. The first kappa shape index (κ1) is 21.8. The minimum Gasteiger partial charge on any atom is -0.345 e. The summed E-state index contributed by atoms with van der Waals surface area (Å²) in [5.74, 6) is -0.595. The van der Waals surface area contributed by atoms with E-state index in [1.165, 1.54) is 13.2 Å². The quantitative estimate of drug-likeness (QED) is 0.639. The van der Waals surface area contributed by atoms with E-state index in [9.17, 15) is 13.2 Å². The summed E-state index contributed by atoms with van der Waals surface area (Å²) in [4.78, 5) is 16.9. The smallest absolute Gasteiger partial charge is 0.274 e. The lowest BCUT2D eigenvalue weighted by atomic mass is 9.85. The number of fused-ring (bicyclic) bond motifs is 3. The molecule has 166 valence electrons. The van der Waals surface area contributed by atoms with E-state index in [1.54, 1.807) is 32.0 Å². The lowest BCUT2D eigenvalue weighted by Crippen LogP contribution is -2.65. The Kier molecular flexibility index (Phi) is 5.17. The molecule has 0 saturated carbocycles. The number of rotatable bonds is 2. The molecule has 1 aliphatic heterocycles. The molecule has 4 rings (SSSR count). The van der Waals surface area contributed by atoms with Crippen molar-refractivity contribution in [2.45, 2.75) is 43.9 Å². The highest BCUT2D eigenvalue weighted by atomic mass is 32.2. The summed E-state index contributed by atoms with van der Waals surface area (Å²) in [6.45, 7) is 3.52. The zero-order valence-electron chi connectivity index (χ0n) is 18.1. The van der Waals surface area contributed by atoms with Crippen LogP contribution in [0.4, 0.5) is 5.69 Å². The second-order valence-corrected chi connectivity index (χ2v) is 10.5. The number of aryl methyl sites for hydroxylation is 2. The molecule has 2 heterocycles. The fourth-order valence-electron chi connectivity index (χ4n) is 4.60. The Morgan fingerprint density at radius 1 is 1.41 bits per heavy atom. The molecular weight excluding hydrogens is 428 g/mol. The highest BCUT2D eigenvalue weighted by Crippen LogP contribution is 2.42. The maximum Gasteiger partial charge on any atom is 0.274 e. The van der Waals surface area contributed by atoms with Gasteiger partial charge in [0.2, 0.25) is 16.0 Å². The number of nitrogens with one attached hydrogen (secondary N) is 3. The Labute approximate surface area is 187 Å². The predicted octanol–water partition coefficient (Wildman–Crippen LogP) is 2.23. The Morgan fingerprint density at radius 2 is 2.16 bits per heavy atom. The van der Waals surface area contributed by atoms with Gasteiger partial charge < -0.3 is 10.6 Å². The molecule has 2 aliphatic rings. The molecule has 0 bridgehead atoms. The molecule has 0 spiro atoms. The average molecular weight is 453 g/mol. The predicted molar refractivity (Wildman–Crippen MR) is 120 cm³/mol. The molecule has 1 aliphatic carbocycles. The minimum atomic E-state index is -3.70. The van der Waals surface area contributed by atoms with Gasteiger partial charge in [-0.25, -0.2) is 17.7 Å². The Bertz CT molecular complexity index is 1280. The van der Waals surface area contributed by atoms with Gasteiger partial charge in [-0.05, 0) is 68.0 Å². The van der Waals surface area contributed by atoms with Crippen molar-refractivity contribution in [3.05, 3.63) is 58.4 Å². The van der Waals surface area contributed by atoms with Crippen LogP contribution in [0.1, 0.15) is 52.5 Å². The number of sulfonamides is 1. The maximum absolute atomic E-state index is 13.1. The van der Waals surface area contributed by atoms with Gasteiger partial charge in [0.05, 0.1) is 11.1 Å². The van der Waals surface area contributed by atoms with E-state index in [0.29, 0.717) is 36.1 Å². The van der Waals surface area contributed by atoms with Crippen LogP contribution in [-0.2, 0) is 22.0 Å². The third-order valence-electron chi connectivity index (χ3n) is 6.34. The summed E-state index contributed by atoms with van der Waals surface area (Å²) < 4.78 is 27.2. The lowest BCUT2D eigenvalue weighted by Gasteiger charge is -2.46. The summed E-state index contributed by atoms with van der Waals surface area (Å²) in [6, 6.07) is 9.06. The molecule has 3 N–H and O–H groups in total. The van der Waals surface area contributed by atoms with Crippen LogP contribution in [0.2, 0.25) is 0 Å². The zero-order chi connectivity index (χ0) is 23.3. The van der Waals surface area contributed by atoms with E-state index in [2.05, 4.69) is 15.6 Å². The summed E-state index contributed by atoms with van der Waals surface area (Å²) >= 11 is 0. The van der Waals surface area contributed by atoms with Crippen LogP contribution < -0.4 is 10.6 Å². The fraction of sp³-hybridized carbons (Fsp3) is 0.364. The summed E-state index contributed by atoms with van der Waals surface area (Å²) in [5.41, 5.74) is 2.41. The number of guanidine groups is 1. The number of aromatic nitrogens is 1. The Hall–Kier alpha value is -3.45. The van der Waals surface area contributed by atoms with Crippen LogP contribution in [0.3, 0.4) is 0 Å². The van der Waals surface area contributed by atoms with Crippen molar-refractivity contribution in [3.63, 3.8) is 0 Å². The first-order chi connectivity index (χ1) is 15.1. The number of amides is 1. The van der Waals surface area contributed by atoms with E-state index < -0.39 is 26.7 Å². The van der Waals surface area contributed by atoms with Gasteiger partial charge >= 0.3 is 0 Å². The number of hydrogen-bond donors (Lipinski definition) is 3. The Morgan fingerprint density at radius 3 is 2.84 bits per heavy atom. The number of pyridine rings is 1. The van der Waals surface area contributed by atoms with E-state index in [-0.39, 0.29) is 11.7 Å². The summed E-state index contributed by atoms with van der Waals surface area (Å²) in [5, 5.41) is 22.4. The molecule has 2 aromatic rings. The van der Waals surface area contributed by atoms with Gasteiger partial charge in [-0.15, -0.1) is 0 Å². The molecule has 1 fully saturated rings. The average Bonchev–Trinajstić information content (AvgIpc) is 2.89. The number of benzene rings is 1. The first-order valence-corrected chi connectivity index (χ1v) is 11.7. The second kappa shape index (κ2) is 7.60. The van der Waals surface area contributed by atoms with E-state index in [4.69, 9.17) is 10.7 Å². The molecule has 1 aromatic heterocycles. The number of hydrogen-bond acceptors (Lipinski definition) is 6. The molecule has 10 heteroatoms. The van der Waals surface area contributed by atoms with Crippen molar-refractivity contribution in [2.24, 2.45) is 0 Å². The summed E-state index contributed by atoms with van der Waals surface area (Å²) in [6.07, 6.45) is 3.23. The molecule has 32 heavy (non-hydrogen) atoms. The second-order valence-electron chi connectivity index (χ2n) is 8.40. The highest BCUT2D eigenvalue weighted by molar-refractivity contribution is 7.90. The van der Waals surface area contributed by atoms with Crippen LogP contribution in [0.25, 0.3) is 0 Å². The van der Waals surface area contributed by atoms with Gasteiger partial charge in [0.25, 0.3) is 5.91 Å². The normalized spacial score (nSPS) is 23.8. The largest absolute Gasteiger partial charge is 0.345 e. The highest BCUT2D eigenvalue weighted by Gasteiger charge is 2.52. The third kappa shape index (κ3) is 3.39. The van der Waals surface area contributed by atoms with Crippen molar-refractivity contribution < 1.29 is 13.2 Å². The third-order valence-corrected chi connectivity index (χ3v) is 8.71. The van der Waals surface area contributed by atoms with Crippen molar-refractivity contribution in [3.8, 4) is 6.07 Å². The summed E-state index contributed by atoms with van der Waals surface area (Å²) in [7, 11) is -2.32. The van der Waals surface area contributed by atoms with E-state index in [0.717, 1.165) is 15.4 Å². The molecule has 2 atom stereocenters. The van der Waals surface area contributed by atoms with Crippen molar-refractivity contribution >= 4 is 27.6 Å². The van der Waals surface area contributed by atoms with Gasteiger partial charge in [0, 0.05) is 18.9 Å². The Balaban J connectivity index is 1.72. The molecule has 1 amide bonds. The van der Waals surface area contributed by atoms with Crippen LogP contribution in [0.5, 0.6) is 0 Å². The van der Waals surface area contributed by atoms with Gasteiger partial charge in [0.1, 0.15) is 17.0 Å². The van der Waals surface area contributed by atoms with Crippen LogP contribution in [-0.4, -0.2) is 41.9 Å². The van der Waals surface area contributed by atoms with Gasteiger partial charge in [-0.1, -0.05) is 6.07 Å². The fourth-order valence-corrected chi connectivity index (χ4v) is 6.53. The van der Waals surface area contributed by atoms with Crippen molar-refractivity contribution in [2.75, 3.05) is 12.4 Å². The lowest BCUT2D eigenvalue weighted by molar-refractivity contribution is 0.102. The monoisotopic (exact) mass is 452 g/mol. The van der Waals surface area contributed by atoms with Gasteiger partial charge in [-0.2, -0.15) is 5.26 Å². The van der Waals surface area contributed by atoms with Gasteiger partial charge in [0.15, 0.2) is 0 Å². The van der Waals surface area contributed by atoms with E-state index >= 15 is 0 Å². The maximum atomic E-state index is 13.1. The van der Waals surface area contributed by atoms with Crippen molar-refractivity contribution in [1.82, 2.24) is 14.6 Å². The molecule has 1 unspecified atom stereocenters. The van der Waals surface area contributed by atoms with E-state index in [1.807, 2.05) is 12.1 Å². The van der Waals surface area contributed by atoms with Crippen molar-refractivity contribution in [1.29, 1.82) is 10.7 Å². The SMILES string of the molecule is Cc1cc(C#N)cnc1C(=O)Nc1ccc2c(c1)[C@@]1(C)NC(=N)N(C)S(=O)(=O)C1CCC2. The molecule has 1 aromatic carbocycles. The molecule has 1 saturated heterocycles. The number of carbonyl (C=O) groups excluding carboxylic acids is 1. The minimum absolute atomic E-state index is 0.177. The standard InChI is InChI=1S/C22H24N6O3S/c1-13-9-14(11-23)12-25-19(13)20(29)26-16-8-7-15-5-4-6-18-22(2,17(15)10-16)27-21(24)28(3)32(18,30)31/h7-10,12,18H,4-6H2,1-3H3,(H2,24,27)(H,26,29)/t18?,22-/m1/s1.